The summed E-state index contributed by atoms with van der Waals surface area (Å²) in [5.74, 6) is -2.14. The molecular weight excluding hydrogens is 258 g/mol. The molecule has 3 rings (SSSR count). The Kier molecular flexibility index (Phi) is 2.51. The Morgan fingerprint density at radius 3 is 2.10 bits per heavy atom. The highest BCUT2D eigenvalue weighted by Gasteiger charge is 2.69. The predicted molar refractivity (Wildman–Crippen MR) is 70.3 cm³/mol. The molecule has 1 N–H and O–H groups in total. The highest BCUT2D eigenvalue weighted by Crippen LogP contribution is 2.55. The van der Waals surface area contributed by atoms with E-state index >= 15 is 0 Å². The number of rotatable bonds is 3. The standard InChI is InChI=1S/C15H15NO4/c1-8(2)11-7-15(11,14(19)20)16-12(17)9-5-3-4-6-10(9)13(16)18/h3-6,8,11H,7H2,1-2H3,(H,19,20)/t11-,15+/m1/s1. The van der Waals surface area contributed by atoms with Gasteiger partial charge in [0.05, 0.1) is 11.1 Å². The van der Waals surface area contributed by atoms with E-state index < -0.39 is 23.3 Å². The zero-order valence-corrected chi connectivity index (χ0v) is 11.3. The van der Waals surface area contributed by atoms with Crippen LogP contribution >= 0.6 is 0 Å². The largest absolute Gasteiger partial charge is 0.479 e. The maximum absolute atomic E-state index is 12.4. The van der Waals surface area contributed by atoms with Crippen molar-refractivity contribution in [2.45, 2.75) is 25.8 Å². The Balaban J connectivity index is 2.07. The fourth-order valence-corrected chi connectivity index (χ4v) is 3.21. The number of hydrogen-bond donors (Lipinski definition) is 1. The molecule has 1 aliphatic heterocycles. The van der Waals surface area contributed by atoms with Crippen molar-refractivity contribution in [3.8, 4) is 0 Å². The number of amides is 2. The molecule has 2 aliphatic rings. The lowest BCUT2D eigenvalue weighted by molar-refractivity contribution is -0.144. The van der Waals surface area contributed by atoms with Crippen molar-refractivity contribution in [3.63, 3.8) is 0 Å². The van der Waals surface area contributed by atoms with Gasteiger partial charge >= 0.3 is 5.97 Å². The second-order valence-corrected chi connectivity index (χ2v) is 5.78. The minimum absolute atomic E-state index is 0.107. The molecule has 1 fully saturated rings. The van der Waals surface area contributed by atoms with Crippen LogP contribution in [-0.2, 0) is 4.79 Å². The Hall–Kier alpha value is -2.17. The van der Waals surface area contributed by atoms with Crippen molar-refractivity contribution in [2.24, 2.45) is 11.8 Å². The Morgan fingerprint density at radius 1 is 1.25 bits per heavy atom. The molecule has 104 valence electrons. The topological polar surface area (TPSA) is 74.7 Å². The second-order valence-electron chi connectivity index (χ2n) is 5.78. The zero-order chi connectivity index (χ0) is 14.7. The van der Waals surface area contributed by atoms with Crippen LogP contribution in [0.1, 0.15) is 41.0 Å². The lowest BCUT2D eigenvalue weighted by Crippen LogP contribution is -2.49. The number of aliphatic carboxylic acids is 1. The number of fused-ring (bicyclic) bond motifs is 1. The predicted octanol–water partition coefficient (Wildman–Crippen LogP) is 1.78. The van der Waals surface area contributed by atoms with Crippen molar-refractivity contribution >= 4 is 17.8 Å². The minimum atomic E-state index is -1.36. The van der Waals surface area contributed by atoms with E-state index in [1.807, 2.05) is 13.8 Å². The number of nitrogens with zero attached hydrogens (tertiary/aromatic N) is 1. The van der Waals surface area contributed by atoms with Crippen molar-refractivity contribution in [1.82, 2.24) is 4.90 Å². The van der Waals surface area contributed by atoms with E-state index in [4.69, 9.17) is 0 Å². The number of carboxylic acids is 1. The first-order valence-corrected chi connectivity index (χ1v) is 6.62. The molecule has 5 nitrogen and oxygen atoms in total. The normalized spacial score (nSPS) is 27.9. The fourth-order valence-electron chi connectivity index (χ4n) is 3.21. The summed E-state index contributed by atoms with van der Waals surface area (Å²) in [5, 5.41) is 9.55. The average Bonchev–Trinajstić information content (AvgIpc) is 3.10. The van der Waals surface area contributed by atoms with Crippen LogP contribution in [0, 0.1) is 11.8 Å². The molecule has 20 heavy (non-hydrogen) atoms. The summed E-state index contributed by atoms with van der Waals surface area (Å²) in [7, 11) is 0. The molecule has 1 heterocycles. The molecular formula is C15H15NO4. The summed E-state index contributed by atoms with van der Waals surface area (Å²) < 4.78 is 0. The summed E-state index contributed by atoms with van der Waals surface area (Å²) >= 11 is 0. The molecule has 0 aromatic heterocycles. The molecule has 1 saturated carbocycles. The molecule has 2 amide bonds. The molecule has 0 bridgehead atoms. The molecule has 1 aromatic rings. The van der Waals surface area contributed by atoms with Crippen molar-refractivity contribution in [3.05, 3.63) is 35.4 Å². The number of hydrogen-bond acceptors (Lipinski definition) is 3. The van der Waals surface area contributed by atoms with Crippen LogP contribution in [0.25, 0.3) is 0 Å². The van der Waals surface area contributed by atoms with Crippen molar-refractivity contribution < 1.29 is 19.5 Å². The van der Waals surface area contributed by atoms with Gasteiger partial charge in [0.15, 0.2) is 5.54 Å². The van der Waals surface area contributed by atoms with Crippen LogP contribution in [0.4, 0.5) is 0 Å². The summed E-state index contributed by atoms with van der Waals surface area (Å²) in [4.78, 5) is 37.5. The van der Waals surface area contributed by atoms with E-state index in [1.54, 1.807) is 24.3 Å². The van der Waals surface area contributed by atoms with Gasteiger partial charge in [0, 0.05) is 0 Å². The van der Waals surface area contributed by atoms with E-state index in [2.05, 4.69) is 0 Å². The monoisotopic (exact) mass is 273 g/mol. The fraction of sp³-hybridized carbons (Fsp3) is 0.400. The van der Waals surface area contributed by atoms with Crippen LogP contribution in [0.15, 0.2) is 24.3 Å². The van der Waals surface area contributed by atoms with Gasteiger partial charge in [-0.3, -0.25) is 14.5 Å². The van der Waals surface area contributed by atoms with E-state index in [0.717, 1.165) is 4.90 Å². The highest BCUT2D eigenvalue weighted by molar-refractivity contribution is 6.23. The van der Waals surface area contributed by atoms with Crippen LogP contribution < -0.4 is 0 Å². The van der Waals surface area contributed by atoms with Crippen molar-refractivity contribution in [2.75, 3.05) is 0 Å². The zero-order valence-electron chi connectivity index (χ0n) is 11.3. The first kappa shape index (κ1) is 12.8. The first-order chi connectivity index (χ1) is 9.41. The number of benzene rings is 1. The second kappa shape index (κ2) is 3.91. The minimum Gasteiger partial charge on any atom is -0.479 e. The van der Waals surface area contributed by atoms with Gasteiger partial charge in [-0.1, -0.05) is 26.0 Å². The van der Waals surface area contributed by atoms with Gasteiger partial charge in [-0.15, -0.1) is 0 Å². The van der Waals surface area contributed by atoms with Gasteiger partial charge in [0.1, 0.15) is 0 Å². The SMILES string of the molecule is CC(C)[C@H]1C[C@]1(C(=O)O)N1C(=O)c2ccccc2C1=O. The molecule has 1 aliphatic carbocycles. The molecule has 2 atom stereocenters. The van der Waals surface area contributed by atoms with E-state index in [9.17, 15) is 19.5 Å². The quantitative estimate of drug-likeness (QED) is 0.852. The molecule has 5 heteroatoms. The smallest absolute Gasteiger partial charge is 0.330 e. The third-order valence-corrected chi connectivity index (χ3v) is 4.35. The van der Waals surface area contributed by atoms with Crippen LogP contribution in [0.5, 0.6) is 0 Å². The van der Waals surface area contributed by atoms with E-state index in [-0.39, 0.29) is 11.8 Å². The lowest BCUT2D eigenvalue weighted by atomic mass is 10.0. The third kappa shape index (κ3) is 1.40. The number of carboxylic acid groups (broad SMARTS) is 1. The van der Waals surface area contributed by atoms with Crippen LogP contribution in [0.2, 0.25) is 0 Å². The van der Waals surface area contributed by atoms with Gasteiger partial charge in [-0.2, -0.15) is 0 Å². The highest BCUT2D eigenvalue weighted by atomic mass is 16.4. The summed E-state index contributed by atoms with van der Waals surface area (Å²) in [6, 6.07) is 6.48. The van der Waals surface area contributed by atoms with E-state index in [0.29, 0.717) is 17.5 Å². The van der Waals surface area contributed by atoms with Gasteiger partial charge in [-0.25, -0.2) is 4.79 Å². The molecule has 1 aromatic carbocycles. The first-order valence-electron chi connectivity index (χ1n) is 6.62. The van der Waals surface area contributed by atoms with Crippen molar-refractivity contribution in [1.29, 1.82) is 0 Å². The molecule has 0 saturated heterocycles. The third-order valence-electron chi connectivity index (χ3n) is 4.35. The maximum Gasteiger partial charge on any atom is 0.330 e. The van der Waals surface area contributed by atoms with Gasteiger partial charge in [0.2, 0.25) is 0 Å². The molecule has 0 spiro atoms. The summed E-state index contributed by atoms with van der Waals surface area (Å²) in [5.41, 5.74) is -0.762. The molecule has 0 radical (unpaired) electrons. The number of carbonyl (C=O) groups excluding carboxylic acids is 2. The van der Waals surface area contributed by atoms with Crippen LogP contribution in [-0.4, -0.2) is 33.3 Å². The Bertz CT molecular complexity index is 602. The molecule has 0 unspecified atom stereocenters. The van der Waals surface area contributed by atoms with Gasteiger partial charge < -0.3 is 5.11 Å². The summed E-state index contributed by atoms with van der Waals surface area (Å²) in [6.07, 6.45) is 0.339. The summed E-state index contributed by atoms with van der Waals surface area (Å²) in [6.45, 7) is 3.82. The van der Waals surface area contributed by atoms with Gasteiger partial charge in [0.25, 0.3) is 11.8 Å². The van der Waals surface area contributed by atoms with Gasteiger partial charge in [-0.05, 0) is 30.4 Å². The number of imide groups is 1. The lowest BCUT2D eigenvalue weighted by Gasteiger charge is -2.24. The Labute approximate surface area is 116 Å². The van der Waals surface area contributed by atoms with E-state index in [1.165, 1.54) is 0 Å². The Morgan fingerprint density at radius 2 is 1.75 bits per heavy atom. The number of carbonyl (C=O) groups is 3. The maximum atomic E-state index is 12.4. The average molecular weight is 273 g/mol. The van der Waals surface area contributed by atoms with Crippen LogP contribution in [0.3, 0.4) is 0 Å².